The van der Waals surface area contributed by atoms with Gasteiger partial charge in [-0.1, -0.05) is 60.7 Å². The van der Waals surface area contributed by atoms with Crippen LogP contribution in [0.3, 0.4) is 0 Å². The van der Waals surface area contributed by atoms with Crippen molar-refractivity contribution in [3.8, 4) is 11.5 Å². The van der Waals surface area contributed by atoms with Crippen molar-refractivity contribution in [3.63, 3.8) is 0 Å². The lowest BCUT2D eigenvalue weighted by molar-refractivity contribution is -0.0351. The van der Waals surface area contributed by atoms with Gasteiger partial charge in [-0.15, -0.1) is 0 Å². The van der Waals surface area contributed by atoms with Crippen LogP contribution in [0.1, 0.15) is 24.0 Å². The number of hydrogen-bond acceptors (Lipinski definition) is 4. The zero-order valence-corrected chi connectivity index (χ0v) is 16.4. The van der Waals surface area contributed by atoms with E-state index in [4.69, 9.17) is 9.47 Å². The number of rotatable bonds is 5. The molecular formula is C25H26N2O2. The molecule has 0 aliphatic carbocycles. The van der Waals surface area contributed by atoms with Crippen LogP contribution in [0.15, 0.2) is 84.9 Å². The molecule has 1 fully saturated rings. The van der Waals surface area contributed by atoms with Gasteiger partial charge in [-0.2, -0.15) is 0 Å². The third-order valence-electron chi connectivity index (χ3n) is 5.79. The normalized spacial score (nSPS) is 24.1. The van der Waals surface area contributed by atoms with E-state index in [0.717, 1.165) is 37.4 Å². The van der Waals surface area contributed by atoms with Crippen molar-refractivity contribution >= 4 is 0 Å². The summed E-state index contributed by atoms with van der Waals surface area (Å²) in [7, 11) is 0. The Labute approximate surface area is 172 Å². The Morgan fingerprint density at radius 2 is 1.21 bits per heavy atom. The van der Waals surface area contributed by atoms with Gasteiger partial charge in [0.1, 0.15) is 11.5 Å². The van der Waals surface area contributed by atoms with E-state index in [0.29, 0.717) is 6.04 Å². The number of benzene rings is 3. The minimum atomic E-state index is -0.130. The van der Waals surface area contributed by atoms with Crippen molar-refractivity contribution in [1.29, 1.82) is 0 Å². The van der Waals surface area contributed by atoms with Gasteiger partial charge in [0.05, 0.1) is 6.04 Å². The minimum Gasteiger partial charge on any atom is -0.475 e. The van der Waals surface area contributed by atoms with Gasteiger partial charge >= 0.3 is 0 Å². The third-order valence-corrected chi connectivity index (χ3v) is 5.79. The fraction of sp³-hybridized carbons (Fsp3) is 0.280. The van der Waals surface area contributed by atoms with Crippen LogP contribution in [0.2, 0.25) is 0 Å². The molecular weight excluding hydrogens is 360 g/mol. The number of piperidine rings is 1. The SMILES string of the molecule is c1ccc(OC2CCC(N3Cc4ccccc4C3)C(Oc3ccccc3)N2)cc1. The van der Waals surface area contributed by atoms with Crippen LogP contribution in [-0.4, -0.2) is 23.4 Å². The fourth-order valence-electron chi connectivity index (χ4n) is 4.33. The van der Waals surface area contributed by atoms with Crippen LogP contribution in [0.25, 0.3) is 0 Å². The maximum Gasteiger partial charge on any atom is 0.168 e. The Kier molecular flexibility index (Phi) is 5.20. The molecule has 3 aromatic carbocycles. The number of para-hydroxylation sites is 2. The Morgan fingerprint density at radius 1 is 0.655 bits per heavy atom. The number of nitrogens with one attached hydrogen (secondary N) is 1. The van der Waals surface area contributed by atoms with Crippen molar-refractivity contribution < 1.29 is 9.47 Å². The summed E-state index contributed by atoms with van der Waals surface area (Å²) in [6.07, 6.45) is 1.78. The molecule has 5 rings (SSSR count). The highest BCUT2D eigenvalue weighted by molar-refractivity contribution is 5.31. The van der Waals surface area contributed by atoms with E-state index in [9.17, 15) is 0 Å². The summed E-state index contributed by atoms with van der Waals surface area (Å²) in [5, 5.41) is 3.62. The van der Waals surface area contributed by atoms with Crippen LogP contribution in [-0.2, 0) is 13.1 Å². The Hall–Kier alpha value is -2.82. The van der Waals surface area contributed by atoms with Crippen LogP contribution < -0.4 is 14.8 Å². The minimum absolute atomic E-state index is 0.0626. The molecule has 3 aromatic rings. The van der Waals surface area contributed by atoms with E-state index in [1.54, 1.807) is 0 Å². The van der Waals surface area contributed by atoms with Gasteiger partial charge in [0.15, 0.2) is 12.5 Å². The summed E-state index contributed by atoms with van der Waals surface area (Å²) in [6.45, 7) is 1.95. The van der Waals surface area contributed by atoms with E-state index in [1.165, 1.54) is 11.1 Å². The number of hydrogen-bond donors (Lipinski definition) is 1. The van der Waals surface area contributed by atoms with Crippen molar-refractivity contribution in [2.24, 2.45) is 0 Å². The highest BCUT2D eigenvalue weighted by Gasteiger charge is 2.38. The predicted octanol–water partition coefficient (Wildman–Crippen LogP) is 4.56. The molecule has 0 saturated carbocycles. The molecule has 2 heterocycles. The maximum atomic E-state index is 6.41. The molecule has 0 radical (unpaired) electrons. The lowest BCUT2D eigenvalue weighted by Gasteiger charge is -2.41. The molecule has 148 valence electrons. The maximum absolute atomic E-state index is 6.41. The predicted molar refractivity (Wildman–Crippen MR) is 114 cm³/mol. The van der Waals surface area contributed by atoms with Crippen molar-refractivity contribution in [2.75, 3.05) is 0 Å². The Balaban J connectivity index is 1.33. The summed E-state index contributed by atoms with van der Waals surface area (Å²) in [4.78, 5) is 2.53. The second-order valence-electron chi connectivity index (χ2n) is 7.76. The largest absolute Gasteiger partial charge is 0.475 e. The highest BCUT2D eigenvalue weighted by Crippen LogP contribution is 2.31. The first-order valence-electron chi connectivity index (χ1n) is 10.4. The standard InChI is InChI=1S/C25H26N2O2/c1-3-11-21(12-4-1)28-24-16-15-23(25(26-24)29-22-13-5-2-6-14-22)27-17-19-9-7-8-10-20(19)18-27/h1-14,23-26H,15-18H2. The molecule has 3 unspecified atom stereocenters. The quantitative estimate of drug-likeness (QED) is 0.697. The summed E-state index contributed by atoms with van der Waals surface area (Å²) in [5.74, 6) is 1.77. The molecule has 2 aliphatic rings. The van der Waals surface area contributed by atoms with Gasteiger partial charge in [0.2, 0.25) is 0 Å². The highest BCUT2D eigenvalue weighted by atomic mass is 16.5. The van der Waals surface area contributed by atoms with Crippen LogP contribution in [0.5, 0.6) is 11.5 Å². The fourth-order valence-corrected chi connectivity index (χ4v) is 4.33. The third kappa shape index (κ3) is 4.14. The van der Waals surface area contributed by atoms with Gasteiger partial charge in [-0.05, 0) is 48.2 Å². The number of ether oxygens (including phenoxy) is 2. The van der Waals surface area contributed by atoms with E-state index in [1.807, 2.05) is 60.7 Å². The van der Waals surface area contributed by atoms with Crippen molar-refractivity contribution in [3.05, 3.63) is 96.1 Å². The summed E-state index contributed by atoms with van der Waals surface area (Å²) in [6, 6.07) is 29.1. The molecule has 4 nitrogen and oxygen atoms in total. The summed E-state index contributed by atoms with van der Waals surface area (Å²) >= 11 is 0. The van der Waals surface area contributed by atoms with Gasteiger partial charge in [-0.3, -0.25) is 4.90 Å². The molecule has 29 heavy (non-hydrogen) atoms. The molecule has 0 bridgehead atoms. The topological polar surface area (TPSA) is 33.7 Å². The van der Waals surface area contributed by atoms with Crippen molar-refractivity contribution in [2.45, 2.75) is 44.4 Å². The van der Waals surface area contributed by atoms with Crippen LogP contribution >= 0.6 is 0 Å². The first-order valence-corrected chi connectivity index (χ1v) is 10.4. The van der Waals surface area contributed by atoms with Gasteiger partial charge in [0.25, 0.3) is 0 Å². The van der Waals surface area contributed by atoms with E-state index in [2.05, 4.69) is 34.5 Å². The van der Waals surface area contributed by atoms with Crippen LogP contribution in [0.4, 0.5) is 0 Å². The summed E-state index contributed by atoms with van der Waals surface area (Å²) in [5.41, 5.74) is 2.85. The molecule has 0 aromatic heterocycles. The molecule has 0 amide bonds. The van der Waals surface area contributed by atoms with Gasteiger partial charge < -0.3 is 9.47 Å². The molecule has 4 heteroatoms. The molecule has 1 saturated heterocycles. The molecule has 0 spiro atoms. The van der Waals surface area contributed by atoms with Crippen LogP contribution in [0, 0.1) is 0 Å². The first-order chi connectivity index (χ1) is 14.3. The second kappa shape index (κ2) is 8.27. The summed E-state index contributed by atoms with van der Waals surface area (Å²) < 4.78 is 12.6. The molecule has 1 N–H and O–H groups in total. The Bertz CT molecular complexity index is 907. The van der Waals surface area contributed by atoms with Gasteiger partial charge in [-0.25, -0.2) is 5.32 Å². The zero-order chi connectivity index (χ0) is 19.5. The molecule has 3 atom stereocenters. The first kappa shape index (κ1) is 18.2. The Morgan fingerprint density at radius 3 is 1.83 bits per heavy atom. The smallest absolute Gasteiger partial charge is 0.168 e. The number of nitrogens with zero attached hydrogens (tertiary/aromatic N) is 1. The van der Waals surface area contributed by atoms with E-state index in [-0.39, 0.29) is 12.5 Å². The average Bonchev–Trinajstić information content (AvgIpc) is 3.19. The van der Waals surface area contributed by atoms with E-state index >= 15 is 0 Å². The lowest BCUT2D eigenvalue weighted by Crippen LogP contribution is -2.59. The van der Waals surface area contributed by atoms with Gasteiger partial charge in [0, 0.05) is 13.1 Å². The second-order valence-corrected chi connectivity index (χ2v) is 7.76. The monoisotopic (exact) mass is 386 g/mol. The zero-order valence-electron chi connectivity index (χ0n) is 16.4. The van der Waals surface area contributed by atoms with Crippen molar-refractivity contribution in [1.82, 2.24) is 10.2 Å². The number of fused-ring (bicyclic) bond motifs is 1. The lowest BCUT2D eigenvalue weighted by atomic mass is 10.0. The van der Waals surface area contributed by atoms with E-state index < -0.39 is 0 Å². The molecule has 2 aliphatic heterocycles. The average molecular weight is 386 g/mol.